The zero-order chi connectivity index (χ0) is 25.9. The molecular formula is C28H42O8. The summed E-state index contributed by atoms with van der Waals surface area (Å²) >= 11 is 0. The van der Waals surface area contributed by atoms with Crippen molar-refractivity contribution < 1.29 is 38.0 Å². The Morgan fingerprint density at radius 3 is 2.28 bits per heavy atom. The second-order valence-electron chi connectivity index (χ2n) is 9.80. The van der Waals surface area contributed by atoms with E-state index in [1.54, 1.807) is 0 Å². The molecule has 2 fully saturated rings. The third-order valence-corrected chi connectivity index (χ3v) is 6.90. The van der Waals surface area contributed by atoms with E-state index in [0.29, 0.717) is 12.5 Å². The molecule has 3 rings (SSSR count). The lowest BCUT2D eigenvalue weighted by atomic mass is 9.89. The first-order chi connectivity index (χ1) is 17.4. The number of hydrogen-bond acceptors (Lipinski definition) is 8. The molecule has 0 N–H and O–H groups in total. The minimum atomic E-state index is -0.794. The smallest absolute Gasteiger partial charge is 0.303 e. The number of ether oxygens (including phenoxy) is 6. The van der Waals surface area contributed by atoms with Gasteiger partial charge in [0.2, 0.25) is 0 Å². The van der Waals surface area contributed by atoms with Crippen molar-refractivity contribution in [2.24, 2.45) is 11.8 Å². The molecule has 0 spiro atoms. The third-order valence-electron chi connectivity index (χ3n) is 6.90. The van der Waals surface area contributed by atoms with Crippen LogP contribution in [0, 0.1) is 11.8 Å². The Kier molecular flexibility index (Phi) is 11.5. The van der Waals surface area contributed by atoms with Crippen LogP contribution in [0.15, 0.2) is 24.3 Å². The molecule has 0 aromatic heterocycles. The third kappa shape index (κ3) is 8.75. The normalized spacial score (nSPS) is 26.8. The highest BCUT2D eigenvalue weighted by molar-refractivity contribution is 5.67. The molecule has 36 heavy (non-hydrogen) atoms. The molecule has 0 bridgehead atoms. The summed E-state index contributed by atoms with van der Waals surface area (Å²) < 4.78 is 34.5. The predicted molar refractivity (Wildman–Crippen MR) is 134 cm³/mol. The molecule has 0 amide bonds. The quantitative estimate of drug-likeness (QED) is 0.303. The summed E-state index contributed by atoms with van der Waals surface area (Å²) in [4.78, 5) is 23.4. The molecule has 1 aromatic rings. The predicted octanol–water partition coefficient (Wildman–Crippen LogP) is 4.47. The fourth-order valence-corrected chi connectivity index (χ4v) is 4.83. The molecular weight excluding hydrogens is 464 g/mol. The number of carbonyl (C=O) groups excluding carboxylic acids is 2. The Balaban J connectivity index is 1.43. The van der Waals surface area contributed by atoms with Crippen molar-refractivity contribution in [2.45, 2.75) is 90.8 Å². The van der Waals surface area contributed by atoms with Gasteiger partial charge in [0.1, 0.15) is 11.9 Å². The van der Waals surface area contributed by atoms with Crippen molar-refractivity contribution in [1.29, 1.82) is 0 Å². The number of hydrogen-bond donors (Lipinski definition) is 0. The number of rotatable bonds is 12. The monoisotopic (exact) mass is 506 g/mol. The standard InChI is InChI=1S/C28H42O8/c1-5-25-19(2)26(34-20(3)29)27(35-21(4)30)28(36-25)32-15-7-6-8-22-9-11-24(12-10-22)33-18-23-13-16-31-17-14-23/h9-12,19,23,25-28H,5-8,13-18H2,1-4H3. The summed E-state index contributed by atoms with van der Waals surface area (Å²) in [6.45, 7) is 9.50. The van der Waals surface area contributed by atoms with Crippen LogP contribution in [0.3, 0.4) is 0 Å². The molecule has 1 aromatic carbocycles. The maximum Gasteiger partial charge on any atom is 0.303 e. The number of carbonyl (C=O) groups is 2. The molecule has 8 nitrogen and oxygen atoms in total. The molecule has 2 aliphatic heterocycles. The maximum atomic E-state index is 11.7. The van der Waals surface area contributed by atoms with Crippen molar-refractivity contribution >= 4 is 11.9 Å². The van der Waals surface area contributed by atoms with E-state index in [4.69, 9.17) is 28.4 Å². The highest BCUT2D eigenvalue weighted by atomic mass is 16.7. The largest absolute Gasteiger partial charge is 0.493 e. The number of benzene rings is 1. The van der Waals surface area contributed by atoms with E-state index in [1.165, 1.54) is 19.4 Å². The SMILES string of the molecule is CCC1OC(OCCCCc2ccc(OCC3CCOCC3)cc2)C(OC(C)=O)C(OC(C)=O)C1C. The van der Waals surface area contributed by atoms with E-state index in [0.717, 1.165) is 64.1 Å². The van der Waals surface area contributed by atoms with Crippen LogP contribution in [0.2, 0.25) is 0 Å². The lowest BCUT2D eigenvalue weighted by molar-refractivity contribution is -0.290. The molecule has 0 aliphatic carbocycles. The van der Waals surface area contributed by atoms with Gasteiger partial charge in [-0.25, -0.2) is 0 Å². The van der Waals surface area contributed by atoms with Gasteiger partial charge in [0, 0.05) is 39.6 Å². The van der Waals surface area contributed by atoms with Crippen molar-refractivity contribution in [3.05, 3.63) is 29.8 Å². The fourth-order valence-electron chi connectivity index (χ4n) is 4.83. The van der Waals surface area contributed by atoms with Gasteiger partial charge in [-0.05, 0) is 62.1 Å². The van der Waals surface area contributed by atoms with E-state index in [-0.39, 0.29) is 12.0 Å². The molecule has 5 unspecified atom stereocenters. The molecule has 2 saturated heterocycles. The second kappa shape index (κ2) is 14.5. The van der Waals surface area contributed by atoms with E-state index < -0.39 is 30.4 Å². The fraction of sp³-hybridized carbons (Fsp3) is 0.714. The van der Waals surface area contributed by atoms with Gasteiger partial charge in [-0.2, -0.15) is 0 Å². The molecule has 0 saturated carbocycles. The van der Waals surface area contributed by atoms with E-state index in [9.17, 15) is 9.59 Å². The zero-order valence-electron chi connectivity index (χ0n) is 22.1. The van der Waals surface area contributed by atoms with Gasteiger partial charge < -0.3 is 28.4 Å². The van der Waals surface area contributed by atoms with Crippen LogP contribution >= 0.6 is 0 Å². The Bertz CT molecular complexity index is 804. The molecule has 0 radical (unpaired) electrons. The highest BCUT2D eigenvalue weighted by Gasteiger charge is 2.47. The van der Waals surface area contributed by atoms with Crippen molar-refractivity contribution in [2.75, 3.05) is 26.4 Å². The minimum absolute atomic E-state index is 0.119. The number of aryl methyl sites for hydroxylation is 1. The summed E-state index contributed by atoms with van der Waals surface area (Å²) in [6, 6.07) is 8.29. The van der Waals surface area contributed by atoms with Gasteiger partial charge >= 0.3 is 11.9 Å². The van der Waals surface area contributed by atoms with Gasteiger partial charge in [-0.1, -0.05) is 26.0 Å². The molecule has 2 aliphatic rings. The number of unbranched alkanes of at least 4 members (excludes halogenated alkanes) is 1. The first-order valence-electron chi connectivity index (χ1n) is 13.3. The Labute approximate surface area is 214 Å². The van der Waals surface area contributed by atoms with E-state index in [2.05, 4.69) is 12.1 Å². The first kappa shape index (κ1) is 28.4. The average molecular weight is 507 g/mol. The lowest BCUT2D eigenvalue weighted by Crippen LogP contribution is -2.57. The highest BCUT2D eigenvalue weighted by Crippen LogP contribution is 2.32. The molecule has 202 valence electrons. The lowest BCUT2D eigenvalue weighted by Gasteiger charge is -2.43. The summed E-state index contributed by atoms with van der Waals surface area (Å²) in [5, 5.41) is 0. The van der Waals surface area contributed by atoms with Crippen LogP contribution in [-0.2, 0) is 39.7 Å². The minimum Gasteiger partial charge on any atom is -0.493 e. The van der Waals surface area contributed by atoms with Crippen LogP contribution < -0.4 is 4.74 Å². The topological polar surface area (TPSA) is 89.5 Å². The Morgan fingerprint density at radius 1 is 0.972 bits per heavy atom. The van der Waals surface area contributed by atoms with Crippen molar-refractivity contribution in [1.82, 2.24) is 0 Å². The Hall–Kier alpha value is -2.16. The Morgan fingerprint density at radius 2 is 1.64 bits per heavy atom. The first-order valence-corrected chi connectivity index (χ1v) is 13.3. The summed E-state index contributed by atoms with van der Waals surface area (Å²) in [7, 11) is 0. The summed E-state index contributed by atoms with van der Waals surface area (Å²) in [6.07, 6.45) is 3.22. The van der Waals surface area contributed by atoms with E-state index in [1.807, 2.05) is 26.0 Å². The van der Waals surface area contributed by atoms with Gasteiger partial charge in [0.05, 0.1) is 12.7 Å². The average Bonchev–Trinajstić information content (AvgIpc) is 2.86. The van der Waals surface area contributed by atoms with Gasteiger partial charge in [0.15, 0.2) is 12.4 Å². The molecule has 2 heterocycles. The van der Waals surface area contributed by atoms with Crippen LogP contribution in [0.4, 0.5) is 0 Å². The summed E-state index contributed by atoms with van der Waals surface area (Å²) in [5.74, 6) is 0.483. The van der Waals surface area contributed by atoms with Crippen LogP contribution in [-0.4, -0.2) is 63.0 Å². The number of esters is 2. The van der Waals surface area contributed by atoms with Gasteiger partial charge in [0.25, 0.3) is 0 Å². The van der Waals surface area contributed by atoms with Gasteiger partial charge in [-0.15, -0.1) is 0 Å². The van der Waals surface area contributed by atoms with Crippen molar-refractivity contribution in [3.63, 3.8) is 0 Å². The van der Waals surface area contributed by atoms with Crippen LogP contribution in [0.1, 0.15) is 65.4 Å². The van der Waals surface area contributed by atoms with Crippen molar-refractivity contribution in [3.8, 4) is 5.75 Å². The van der Waals surface area contributed by atoms with Crippen LogP contribution in [0.5, 0.6) is 5.75 Å². The van der Waals surface area contributed by atoms with E-state index >= 15 is 0 Å². The second-order valence-corrected chi connectivity index (χ2v) is 9.80. The maximum absolute atomic E-state index is 11.7. The molecule has 8 heteroatoms. The van der Waals surface area contributed by atoms with Gasteiger partial charge in [-0.3, -0.25) is 9.59 Å². The molecule has 5 atom stereocenters. The summed E-state index contributed by atoms with van der Waals surface area (Å²) in [5.41, 5.74) is 1.25. The zero-order valence-corrected chi connectivity index (χ0v) is 22.1. The van der Waals surface area contributed by atoms with Crippen LogP contribution in [0.25, 0.3) is 0 Å².